The number of hydrogen-bond acceptors (Lipinski definition) is 3. The zero-order chi connectivity index (χ0) is 14.8. The summed E-state index contributed by atoms with van der Waals surface area (Å²) in [4.78, 5) is 10.5. The van der Waals surface area contributed by atoms with Crippen molar-refractivity contribution < 1.29 is 27.8 Å². The molecule has 0 spiro atoms. The lowest BCUT2D eigenvalue weighted by Gasteiger charge is -2.11. The lowest BCUT2D eigenvalue weighted by molar-refractivity contribution is -0.274. The van der Waals surface area contributed by atoms with Gasteiger partial charge in [0.05, 0.1) is 0 Å². The standard InChI is InChI=1S/C14H9F3O3/c15-14(16,17)20-13-6-11(5-12(19)7-13)10-3-1-9(8-18)2-4-10/h1-8,19H. The molecule has 0 aliphatic carbocycles. The van der Waals surface area contributed by atoms with E-state index in [9.17, 15) is 23.1 Å². The molecular weight excluding hydrogens is 273 g/mol. The smallest absolute Gasteiger partial charge is 0.508 e. The summed E-state index contributed by atoms with van der Waals surface area (Å²) < 4.78 is 40.3. The van der Waals surface area contributed by atoms with E-state index in [1.165, 1.54) is 18.2 Å². The van der Waals surface area contributed by atoms with Crippen LogP contribution < -0.4 is 4.74 Å². The van der Waals surface area contributed by atoms with Crippen LogP contribution in [0.2, 0.25) is 0 Å². The van der Waals surface area contributed by atoms with E-state index in [1.807, 2.05) is 0 Å². The zero-order valence-corrected chi connectivity index (χ0v) is 10.0. The number of hydrogen-bond donors (Lipinski definition) is 1. The normalized spacial score (nSPS) is 11.2. The molecule has 3 nitrogen and oxygen atoms in total. The van der Waals surface area contributed by atoms with Crippen molar-refractivity contribution in [1.82, 2.24) is 0 Å². The zero-order valence-electron chi connectivity index (χ0n) is 10.0. The summed E-state index contributed by atoms with van der Waals surface area (Å²) in [6.45, 7) is 0. The van der Waals surface area contributed by atoms with Crippen LogP contribution in [-0.4, -0.2) is 17.8 Å². The molecule has 2 aromatic rings. The van der Waals surface area contributed by atoms with E-state index in [1.54, 1.807) is 12.1 Å². The molecule has 0 aromatic heterocycles. The van der Waals surface area contributed by atoms with Crippen molar-refractivity contribution in [1.29, 1.82) is 0 Å². The van der Waals surface area contributed by atoms with Crippen molar-refractivity contribution in [2.45, 2.75) is 6.36 Å². The maximum atomic E-state index is 12.2. The first-order valence-electron chi connectivity index (χ1n) is 5.53. The van der Waals surface area contributed by atoms with Gasteiger partial charge in [-0.3, -0.25) is 4.79 Å². The molecule has 0 amide bonds. The van der Waals surface area contributed by atoms with Crippen molar-refractivity contribution in [2.24, 2.45) is 0 Å². The Morgan fingerprint density at radius 1 is 1.00 bits per heavy atom. The van der Waals surface area contributed by atoms with Crippen LogP contribution in [0.25, 0.3) is 11.1 Å². The van der Waals surface area contributed by atoms with E-state index in [0.29, 0.717) is 23.0 Å². The maximum absolute atomic E-state index is 12.2. The van der Waals surface area contributed by atoms with Crippen molar-refractivity contribution in [3.8, 4) is 22.6 Å². The van der Waals surface area contributed by atoms with Gasteiger partial charge in [-0.15, -0.1) is 13.2 Å². The summed E-state index contributed by atoms with van der Waals surface area (Å²) in [5.74, 6) is -0.854. The molecule has 0 atom stereocenters. The fourth-order valence-corrected chi connectivity index (χ4v) is 1.70. The summed E-state index contributed by atoms with van der Waals surface area (Å²) in [7, 11) is 0. The minimum absolute atomic E-state index is 0.346. The number of aldehydes is 1. The number of carbonyl (C=O) groups excluding carboxylic acids is 1. The van der Waals surface area contributed by atoms with Gasteiger partial charge in [0.1, 0.15) is 17.8 Å². The van der Waals surface area contributed by atoms with Crippen molar-refractivity contribution in [3.05, 3.63) is 48.0 Å². The highest BCUT2D eigenvalue weighted by molar-refractivity contribution is 5.77. The van der Waals surface area contributed by atoms with Crippen LogP contribution >= 0.6 is 0 Å². The number of phenols is 1. The van der Waals surface area contributed by atoms with Crippen LogP contribution in [-0.2, 0) is 0 Å². The Bertz CT molecular complexity index is 619. The summed E-state index contributed by atoms with van der Waals surface area (Å²) in [6, 6.07) is 9.51. The fourth-order valence-electron chi connectivity index (χ4n) is 1.70. The van der Waals surface area contributed by atoms with Crippen LogP contribution in [0.5, 0.6) is 11.5 Å². The average molecular weight is 282 g/mol. The first-order chi connectivity index (χ1) is 9.37. The maximum Gasteiger partial charge on any atom is 0.573 e. The van der Waals surface area contributed by atoms with Crippen LogP contribution in [0.1, 0.15) is 10.4 Å². The first kappa shape index (κ1) is 13.9. The molecule has 0 radical (unpaired) electrons. The molecule has 2 aromatic carbocycles. The van der Waals surface area contributed by atoms with Crippen molar-refractivity contribution in [2.75, 3.05) is 0 Å². The molecule has 6 heteroatoms. The second kappa shape index (κ2) is 5.24. The second-order valence-electron chi connectivity index (χ2n) is 4.00. The van der Waals surface area contributed by atoms with Crippen LogP contribution in [0.3, 0.4) is 0 Å². The highest BCUT2D eigenvalue weighted by Crippen LogP contribution is 2.32. The van der Waals surface area contributed by atoms with Gasteiger partial charge in [0.2, 0.25) is 0 Å². The van der Waals surface area contributed by atoms with Crippen LogP contribution in [0, 0.1) is 0 Å². The first-order valence-corrected chi connectivity index (χ1v) is 5.53. The quantitative estimate of drug-likeness (QED) is 0.872. The molecule has 0 aliphatic rings. The monoisotopic (exact) mass is 282 g/mol. The highest BCUT2D eigenvalue weighted by Gasteiger charge is 2.31. The third-order valence-corrected chi connectivity index (χ3v) is 2.50. The molecule has 2 rings (SSSR count). The van der Waals surface area contributed by atoms with E-state index in [-0.39, 0.29) is 5.75 Å². The molecule has 0 fully saturated rings. The number of halogens is 3. The lowest BCUT2D eigenvalue weighted by Crippen LogP contribution is -2.17. The van der Waals surface area contributed by atoms with Gasteiger partial charge in [-0.2, -0.15) is 0 Å². The molecule has 0 heterocycles. The van der Waals surface area contributed by atoms with Gasteiger partial charge in [0, 0.05) is 11.6 Å². The van der Waals surface area contributed by atoms with E-state index < -0.39 is 12.1 Å². The lowest BCUT2D eigenvalue weighted by atomic mass is 10.0. The summed E-state index contributed by atoms with van der Waals surface area (Å²) >= 11 is 0. The SMILES string of the molecule is O=Cc1ccc(-c2cc(O)cc(OC(F)(F)F)c2)cc1. The predicted octanol–water partition coefficient (Wildman–Crippen LogP) is 3.77. The predicted molar refractivity (Wildman–Crippen MR) is 65.6 cm³/mol. The number of aromatic hydroxyl groups is 1. The van der Waals surface area contributed by atoms with Crippen LogP contribution in [0.4, 0.5) is 13.2 Å². The van der Waals surface area contributed by atoms with Gasteiger partial charge in [0.25, 0.3) is 0 Å². The van der Waals surface area contributed by atoms with Crippen LogP contribution in [0.15, 0.2) is 42.5 Å². The number of benzene rings is 2. The van der Waals surface area contributed by atoms with Gasteiger partial charge >= 0.3 is 6.36 Å². The van der Waals surface area contributed by atoms with Crippen molar-refractivity contribution >= 4 is 6.29 Å². The van der Waals surface area contributed by atoms with Gasteiger partial charge in [-0.1, -0.05) is 24.3 Å². The Balaban J connectivity index is 2.38. The fraction of sp³-hybridized carbons (Fsp3) is 0.0714. The molecule has 0 unspecified atom stereocenters. The molecule has 0 saturated carbocycles. The number of ether oxygens (including phenoxy) is 1. The number of carbonyl (C=O) groups is 1. The van der Waals surface area contributed by atoms with Gasteiger partial charge in [-0.25, -0.2) is 0 Å². The number of phenolic OH excluding ortho intramolecular Hbond substituents is 1. The van der Waals surface area contributed by atoms with Gasteiger partial charge < -0.3 is 9.84 Å². The minimum Gasteiger partial charge on any atom is -0.508 e. The molecule has 20 heavy (non-hydrogen) atoms. The molecule has 0 aliphatic heterocycles. The van der Waals surface area contributed by atoms with Crippen molar-refractivity contribution in [3.63, 3.8) is 0 Å². The number of alkyl halides is 3. The molecule has 0 bridgehead atoms. The Morgan fingerprint density at radius 3 is 2.20 bits per heavy atom. The molecule has 0 saturated heterocycles. The minimum atomic E-state index is -4.83. The molecule has 104 valence electrons. The van der Waals surface area contributed by atoms with Gasteiger partial charge in [0.15, 0.2) is 0 Å². The Hall–Kier alpha value is -2.50. The Morgan fingerprint density at radius 2 is 1.65 bits per heavy atom. The highest BCUT2D eigenvalue weighted by atomic mass is 19.4. The van der Waals surface area contributed by atoms with E-state index >= 15 is 0 Å². The number of rotatable bonds is 3. The largest absolute Gasteiger partial charge is 0.573 e. The molecular formula is C14H9F3O3. The third kappa shape index (κ3) is 3.50. The average Bonchev–Trinajstić information content (AvgIpc) is 2.36. The third-order valence-electron chi connectivity index (χ3n) is 2.50. The van der Waals surface area contributed by atoms with Gasteiger partial charge in [-0.05, 0) is 23.3 Å². The topological polar surface area (TPSA) is 46.5 Å². The Kier molecular flexibility index (Phi) is 3.65. The molecule has 1 N–H and O–H groups in total. The second-order valence-corrected chi connectivity index (χ2v) is 4.00. The summed E-state index contributed by atoms with van der Waals surface area (Å²) in [5, 5.41) is 9.45. The summed E-state index contributed by atoms with van der Waals surface area (Å²) in [6.07, 6.45) is -4.17. The summed E-state index contributed by atoms with van der Waals surface area (Å²) in [5.41, 5.74) is 1.35. The van der Waals surface area contributed by atoms with E-state index in [0.717, 1.165) is 12.1 Å². The van der Waals surface area contributed by atoms with E-state index in [4.69, 9.17) is 0 Å². The Labute approximate surface area is 112 Å². The van der Waals surface area contributed by atoms with E-state index in [2.05, 4.69) is 4.74 Å².